The average Bonchev–Trinajstić information content (AvgIpc) is 3.26. The van der Waals surface area contributed by atoms with E-state index in [-0.39, 0.29) is 12.5 Å². The molecule has 3 aromatic rings. The molecule has 7 nitrogen and oxygen atoms in total. The lowest BCUT2D eigenvalue weighted by molar-refractivity contribution is -0.127. The van der Waals surface area contributed by atoms with Crippen LogP contribution in [0.3, 0.4) is 0 Å². The van der Waals surface area contributed by atoms with Crippen LogP contribution in [-0.2, 0) is 20.7 Å². The molecule has 0 bridgehead atoms. The van der Waals surface area contributed by atoms with Crippen molar-refractivity contribution in [3.05, 3.63) is 56.8 Å². The lowest BCUT2D eigenvalue weighted by atomic mass is 10.1. The van der Waals surface area contributed by atoms with E-state index in [1.807, 2.05) is 17.5 Å². The highest BCUT2D eigenvalue weighted by atomic mass is 35.5. The summed E-state index contributed by atoms with van der Waals surface area (Å²) < 4.78 is 10.9. The Morgan fingerprint density at radius 1 is 1.27 bits per heavy atom. The monoisotopic (exact) mass is 505 g/mol. The number of benzene rings is 2. The Morgan fingerprint density at radius 3 is 2.88 bits per heavy atom. The van der Waals surface area contributed by atoms with Crippen LogP contribution in [0.25, 0.3) is 11.3 Å². The molecule has 1 unspecified atom stereocenters. The Kier molecular flexibility index (Phi) is 7.19. The summed E-state index contributed by atoms with van der Waals surface area (Å²) in [7, 11) is 1.65. The number of carbonyl (C=O) groups is 2. The minimum absolute atomic E-state index is 0.206. The summed E-state index contributed by atoms with van der Waals surface area (Å²) in [5.41, 5.74) is 2.50. The van der Waals surface area contributed by atoms with E-state index in [9.17, 15) is 9.59 Å². The van der Waals surface area contributed by atoms with E-state index in [1.165, 1.54) is 4.90 Å². The molecular formula is C23H21Cl2N3O4S. The molecule has 1 aliphatic rings. The first-order valence-electron chi connectivity index (χ1n) is 10.2. The zero-order valence-corrected chi connectivity index (χ0v) is 20.3. The van der Waals surface area contributed by atoms with Gasteiger partial charge in [0.2, 0.25) is 5.91 Å². The minimum atomic E-state index is -0.717. The lowest BCUT2D eigenvalue weighted by Crippen LogP contribution is -2.47. The molecule has 0 spiro atoms. The predicted octanol–water partition coefficient (Wildman–Crippen LogP) is 5.06. The molecule has 2 heterocycles. The van der Waals surface area contributed by atoms with Crippen LogP contribution in [0.1, 0.15) is 11.9 Å². The van der Waals surface area contributed by atoms with Gasteiger partial charge in [0.25, 0.3) is 5.91 Å². The normalized spacial score (nSPS) is 15.2. The van der Waals surface area contributed by atoms with Gasteiger partial charge in [-0.1, -0.05) is 23.2 Å². The van der Waals surface area contributed by atoms with Crippen molar-refractivity contribution in [2.45, 2.75) is 19.4 Å². The highest BCUT2D eigenvalue weighted by Gasteiger charge is 2.33. The number of hydrogen-bond acceptors (Lipinski definition) is 6. The van der Waals surface area contributed by atoms with Crippen LogP contribution in [0.2, 0.25) is 10.0 Å². The second kappa shape index (κ2) is 10.1. The number of rotatable bonds is 7. The standard InChI is InChI=1S/C23H21Cl2N3O4S/c1-13-23(30)28(11-21(29)26-17-10-15(24)4-5-16(17)25)19-9-14(3-6-20(19)32-13)18-12-33-22(27-18)7-8-31-2/h3-6,9-10,12-13H,7-8,11H2,1-2H3,(H,26,29). The molecule has 2 amide bonds. The molecule has 1 aliphatic heterocycles. The molecule has 1 N–H and O–H groups in total. The van der Waals surface area contributed by atoms with Gasteiger partial charge in [0.15, 0.2) is 6.10 Å². The van der Waals surface area contributed by atoms with Crippen LogP contribution >= 0.6 is 34.5 Å². The third kappa shape index (κ3) is 5.30. The van der Waals surface area contributed by atoms with Crippen molar-refractivity contribution in [2.75, 3.05) is 30.5 Å². The van der Waals surface area contributed by atoms with Gasteiger partial charge in [-0.3, -0.25) is 14.5 Å². The van der Waals surface area contributed by atoms with Crippen molar-refractivity contribution in [3.8, 4) is 17.0 Å². The van der Waals surface area contributed by atoms with Crippen LogP contribution in [0.15, 0.2) is 41.8 Å². The van der Waals surface area contributed by atoms with Crippen molar-refractivity contribution in [1.29, 1.82) is 0 Å². The second-order valence-electron chi connectivity index (χ2n) is 7.41. The van der Waals surface area contributed by atoms with Gasteiger partial charge in [0, 0.05) is 29.5 Å². The largest absolute Gasteiger partial charge is 0.479 e. The lowest BCUT2D eigenvalue weighted by Gasteiger charge is -2.33. The van der Waals surface area contributed by atoms with E-state index in [4.69, 9.17) is 32.7 Å². The number of thiazole rings is 1. The number of methoxy groups -OCH3 is 1. The molecule has 4 rings (SSSR count). The second-order valence-corrected chi connectivity index (χ2v) is 9.19. The summed E-state index contributed by atoms with van der Waals surface area (Å²) in [6.07, 6.45) is 0.00894. The zero-order chi connectivity index (χ0) is 23.5. The SMILES string of the molecule is COCCc1nc(-c2ccc3c(c2)N(CC(=O)Nc2cc(Cl)ccc2Cl)C(=O)C(C)O3)cs1. The molecule has 1 aromatic heterocycles. The molecule has 0 saturated carbocycles. The van der Waals surface area contributed by atoms with E-state index in [0.717, 1.165) is 22.7 Å². The van der Waals surface area contributed by atoms with E-state index in [0.29, 0.717) is 33.8 Å². The maximum Gasteiger partial charge on any atom is 0.268 e. The van der Waals surface area contributed by atoms with Crippen LogP contribution in [0.5, 0.6) is 5.75 Å². The quantitative estimate of drug-likeness (QED) is 0.485. The molecule has 2 aromatic carbocycles. The molecule has 0 saturated heterocycles. The van der Waals surface area contributed by atoms with Crippen molar-refractivity contribution in [2.24, 2.45) is 0 Å². The molecule has 0 radical (unpaired) electrons. The van der Waals surface area contributed by atoms with E-state index in [1.54, 1.807) is 49.6 Å². The fraction of sp³-hybridized carbons (Fsp3) is 0.261. The van der Waals surface area contributed by atoms with Gasteiger partial charge in [0.1, 0.15) is 12.3 Å². The Labute approximate surface area is 205 Å². The number of amides is 2. The summed E-state index contributed by atoms with van der Waals surface area (Å²) in [5.74, 6) is -0.200. The highest BCUT2D eigenvalue weighted by Crippen LogP contribution is 2.38. The van der Waals surface area contributed by atoms with Gasteiger partial charge in [-0.2, -0.15) is 0 Å². The number of halogens is 2. The van der Waals surface area contributed by atoms with Crippen LogP contribution < -0.4 is 15.0 Å². The molecule has 10 heteroatoms. The summed E-state index contributed by atoms with van der Waals surface area (Å²) in [6.45, 7) is 2.04. The van der Waals surface area contributed by atoms with Gasteiger partial charge >= 0.3 is 0 Å². The van der Waals surface area contributed by atoms with Crippen molar-refractivity contribution in [1.82, 2.24) is 4.98 Å². The Bertz CT molecular complexity index is 1200. The number of nitrogens with one attached hydrogen (secondary N) is 1. The Hall–Kier alpha value is -2.65. The molecule has 1 atom stereocenters. The van der Waals surface area contributed by atoms with Gasteiger partial charge in [-0.05, 0) is 43.3 Å². The first-order valence-corrected chi connectivity index (χ1v) is 11.8. The fourth-order valence-corrected chi connectivity index (χ4v) is 4.53. The van der Waals surface area contributed by atoms with Gasteiger partial charge in [0.05, 0.1) is 33.7 Å². The molecule has 0 fully saturated rings. The number of carbonyl (C=O) groups excluding carboxylic acids is 2. The van der Waals surface area contributed by atoms with Crippen molar-refractivity contribution in [3.63, 3.8) is 0 Å². The van der Waals surface area contributed by atoms with Crippen molar-refractivity contribution >= 4 is 57.7 Å². The molecule has 33 heavy (non-hydrogen) atoms. The number of aromatic nitrogens is 1. The number of nitrogens with zero attached hydrogens (tertiary/aromatic N) is 2. The van der Waals surface area contributed by atoms with Crippen LogP contribution in [0, 0.1) is 0 Å². The predicted molar refractivity (Wildman–Crippen MR) is 131 cm³/mol. The summed E-state index contributed by atoms with van der Waals surface area (Å²) in [6, 6.07) is 10.3. The van der Waals surface area contributed by atoms with Crippen LogP contribution in [-0.4, -0.2) is 43.2 Å². The first-order chi connectivity index (χ1) is 15.9. The Morgan fingerprint density at radius 2 is 2.09 bits per heavy atom. The summed E-state index contributed by atoms with van der Waals surface area (Å²) in [5, 5.41) is 6.43. The third-order valence-corrected chi connectivity index (χ3v) is 6.51. The van der Waals surface area contributed by atoms with E-state index < -0.39 is 12.0 Å². The van der Waals surface area contributed by atoms with E-state index in [2.05, 4.69) is 10.3 Å². The highest BCUT2D eigenvalue weighted by molar-refractivity contribution is 7.09. The average molecular weight is 506 g/mol. The van der Waals surface area contributed by atoms with Gasteiger partial charge in [-0.15, -0.1) is 11.3 Å². The third-order valence-electron chi connectivity index (χ3n) is 5.04. The van der Waals surface area contributed by atoms with Gasteiger partial charge < -0.3 is 14.8 Å². The number of anilines is 2. The first kappa shape index (κ1) is 23.5. The van der Waals surface area contributed by atoms with Gasteiger partial charge in [-0.25, -0.2) is 4.98 Å². The number of fused-ring (bicyclic) bond motifs is 1. The molecule has 0 aliphatic carbocycles. The zero-order valence-electron chi connectivity index (χ0n) is 17.9. The van der Waals surface area contributed by atoms with Crippen LogP contribution in [0.4, 0.5) is 11.4 Å². The maximum absolute atomic E-state index is 12.9. The van der Waals surface area contributed by atoms with E-state index >= 15 is 0 Å². The molecular weight excluding hydrogens is 485 g/mol. The van der Waals surface area contributed by atoms with Crippen molar-refractivity contribution < 1.29 is 19.1 Å². The molecule has 172 valence electrons. The number of hydrogen-bond donors (Lipinski definition) is 1. The topological polar surface area (TPSA) is 80.8 Å². The summed E-state index contributed by atoms with van der Waals surface area (Å²) in [4.78, 5) is 31.8. The number of ether oxygens (including phenoxy) is 2. The minimum Gasteiger partial charge on any atom is -0.479 e. The fourth-order valence-electron chi connectivity index (χ4n) is 3.40. The summed E-state index contributed by atoms with van der Waals surface area (Å²) >= 11 is 13.7. The maximum atomic E-state index is 12.9. The Balaban J connectivity index is 1.59. The smallest absolute Gasteiger partial charge is 0.268 e.